The van der Waals surface area contributed by atoms with Gasteiger partial charge in [-0.3, -0.25) is 0 Å². The molecule has 0 saturated carbocycles. The first kappa shape index (κ1) is 11.0. The van der Waals surface area contributed by atoms with Gasteiger partial charge in [0.05, 0.1) is 10.5 Å². The first-order chi connectivity index (χ1) is 7.49. The molecule has 0 saturated heterocycles. The number of nitrogen functional groups attached to an aromatic ring is 1. The lowest BCUT2D eigenvalue weighted by atomic mass is 10.1. The van der Waals surface area contributed by atoms with Gasteiger partial charge in [-0.2, -0.15) is 0 Å². The molecule has 84 valence electrons. The van der Waals surface area contributed by atoms with E-state index in [1.807, 2.05) is 0 Å². The highest BCUT2D eigenvalue weighted by atomic mass is 35.5. The third-order valence-electron chi connectivity index (χ3n) is 2.10. The van der Waals surface area contributed by atoms with Crippen LogP contribution in [-0.4, -0.2) is 4.98 Å². The van der Waals surface area contributed by atoms with Gasteiger partial charge in [-0.25, -0.2) is 18.2 Å². The monoisotopic (exact) mass is 246 g/mol. The Morgan fingerprint density at radius 1 is 1.25 bits per heavy atom. The number of rotatable bonds is 1. The zero-order valence-corrected chi connectivity index (χ0v) is 8.60. The molecule has 6 heteroatoms. The average Bonchev–Trinajstić information content (AvgIpc) is 2.15. The van der Waals surface area contributed by atoms with E-state index in [-0.39, 0.29) is 21.6 Å². The number of hydrogen-bond acceptors (Lipinski definition) is 2. The lowest BCUT2D eigenvalue weighted by Crippen LogP contribution is -1.97. The predicted octanol–water partition coefficient (Wildman–Crippen LogP) is 3.55. The first-order valence-corrected chi connectivity index (χ1v) is 4.70. The van der Waals surface area contributed by atoms with Crippen molar-refractivity contribution in [1.29, 1.82) is 0 Å². The summed E-state index contributed by atoms with van der Waals surface area (Å²) in [5, 5.41) is 0.341. The van der Waals surface area contributed by atoms with Crippen molar-refractivity contribution in [1.82, 2.24) is 4.98 Å². The minimum Gasteiger partial charge on any atom is -0.398 e. The van der Waals surface area contributed by atoms with Crippen LogP contribution in [0.1, 0.15) is 12.1 Å². The quantitative estimate of drug-likeness (QED) is 0.836. The van der Waals surface area contributed by atoms with Gasteiger partial charge in [0.25, 0.3) is 6.43 Å². The molecule has 2 aromatic rings. The largest absolute Gasteiger partial charge is 0.398 e. The molecule has 0 radical (unpaired) electrons. The van der Waals surface area contributed by atoms with Gasteiger partial charge in [-0.15, -0.1) is 0 Å². The van der Waals surface area contributed by atoms with E-state index in [0.717, 1.165) is 18.2 Å². The summed E-state index contributed by atoms with van der Waals surface area (Å²) in [7, 11) is 0. The van der Waals surface area contributed by atoms with Crippen LogP contribution in [0.15, 0.2) is 18.2 Å². The SMILES string of the molecule is Nc1cc(C(F)F)nc2cc(F)cc(Cl)c12. The Kier molecular flexibility index (Phi) is 2.63. The van der Waals surface area contributed by atoms with Crippen LogP contribution in [0.2, 0.25) is 5.02 Å². The van der Waals surface area contributed by atoms with Crippen LogP contribution in [0.3, 0.4) is 0 Å². The Bertz CT molecular complexity index is 557. The number of aromatic nitrogens is 1. The highest BCUT2D eigenvalue weighted by Crippen LogP contribution is 2.31. The normalized spacial score (nSPS) is 11.3. The third kappa shape index (κ3) is 1.78. The number of hydrogen-bond donors (Lipinski definition) is 1. The molecule has 0 aliphatic rings. The fourth-order valence-electron chi connectivity index (χ4n) is 1.45. The maximum Gasteiger partial charge on any atom is 0.280 e. The van der Waals surface area contributed by atoms with E-state index in [1.54, 1.807) is 0 Å². The number of pyridine rings is 1. The fourth-order valence-corrected chi connectivity index (χ4v) is 1.76. The average molecular weight is 247 g/mol. The molecule has 1 aromatic heterocycles. The van der Waals surface area contributed by atoms with Crippen molar-refractivity contribution in [2.75, 3.05) is 5.73 Å². The van der Waals surface area contributed by atoms with E-state index in [4.69, 9.17) is 17.3 Å². The van der Waals surface area contributed by atoms with Gasteiger partial charge in [0.15, 0.2) is 0 Å². The molecule has 16 heavy (non-hydrogen) atoms. The number of nitrogens with zero attached hydrogens (tertiary/aromatic N) is 1. The second kappa shape index (κ2) is 3.83. The molecule has 2 nitrogen and oxygen atoms in total. The Hall–Kier alpha value is -1.49. The molecule has 1 heterocycles. The van der Waals surface area contributed by atoms with Crippen molar-refractivity contribution < 1.29 is 13.2 Å². The minimum absolute atomic E-state index is 0.0281. The molecule has 2 N–H and O–H groups in total. The van der Waals surface area contributed by atoms with Crippen molar-refractivity contribution in [3.8, 4) is 0 Å². The highest BCUT2D eigenvalue weighted by Gasteiger charge is 2.14. The van der Waals surface area contributed by atoms with E-state index >= 15 is 0 Å². The zero-order chi connectivity index (χ0) is 11.9. The van der Waals surface area contributed by atoms with Gasteiger partial charge in [-0.05, 0) is 12.1 Å². The van der Waals surface area contributed by atoms with Gasteiger partial charge >= 0.3 is 0 Å². The van der Waals surface area contributed by atoms with Gasteiger partial charge in [-0.1, -0.05) is 11.6 Å². The molecular weight excluding hydrogens is 241 g/mol. The van der Waals surface area contributed by atoms with Gasteiger partial charge < -0.3 is 5.73 Å². The fraction of sp³-hybridized carbons (Fsp3) is 0.100. The highest BCUT2D eigenvalue weighted by molar-refractivity contribution is 6.36. The summed E-state index contributed by atoms with van der Waals surface area (Å²) in [6, 6.07) is 3.12. The molecule has 0 aliphatic heterocycles. The number of benzene rings is 1. The first-order valence-electron chi connectivity index (χ1n) is 4.32. The summed E-state index contributed by atoms with van der Waals surface area (Å²) < 4.78 is 37.9. The predicted molar refractivity (Wildman–Crippen MR) is 56.1 cm³/mol. The number of anilines is 1. The molecular formula is C10H6ClF3N2. The van der Waals surface area contributed by atoms with Gasteiger partial charge in [0.2, 0.25) is 0 Å². The van der Waals surface area contributed by atoms with Crippen molar-refractivity contribution in [3.05, 3.63) is 34.7 Å². The molecule has 0 bridgehead atoms. The smallest absolute Gasteiger partial charge is 0.280 e. The molecule has 0 atom stereocenters. The van der Waals surface area contributed by atoms with Crippen LogP contribution in [-0.2, 0) is 0 Å². The molecule has 0 spiro atoms. The van der Waals surface area contributed by atoms with Crippen LogP contribution < -0.4 is 5.73 Å². The lowest BCUT2D eigenvalue weighted by molar-refractivity contribution is 0.146. The van der Waals surface area contributed by atoms with Gasteiger partial charge in [0.1, 0.15) is 11.5 Å². The molecule has 0 aliphatic carbocycles. The van der Waals surface area contributed by atoms with E-state index in [2.05, 4.69) is 4.98 Å². The standard InChI is InChI=1S/C10H6ClF3N2/c11-5-1-4(12)2-7-9(5)6(15)3-8(16-7)10(13)14/h1-3,10H,(H2,15,16). The Labute approximate surface area is 93.8 Å². The lowest BCUT2D eigenvalue weighted by Gasteiger charge is -2.07. The van der Waals surface area contributed by atoms with E-state index < -0.39 is 17.9 Å². The van der Waals surface area contributed by atoms with Crippen LogP contribution in [0, 0.1) is 5.82 Å². The summed E-state index contributed by atoms with van der Waals surface area (Å²) in [6.45, 7) is 0. The molecule has 2 rings (SSSR count). The molecule has 0 unspecified atom stereocenters. The minimum atomic E-state index is -2.76. The second-order valence-corrected chi connectivity index (χ2v) is 3.63. The number of halogens is 4. The molecule has 1 aromatic carbocycles. The van der Waals surface area contributed by atoms with Crippen molar-refractivity contribution >= 4 is 28.2 Å². The second-order valence-electron chi connectivity index (χ2n) is 3.22. The molecule has 0 amide bonds. The molecule has 0 fully saturated rings. The van der Waals surface area contributed by atoms with Crippen LogP contribution >= 0.6 is 11.6 Å². The Balaban J connectivity index is 2.81. The van der Waals surface area contributed by atoms with Crippen LogP contribution in [0.25, 0.3) is 10.9 Å². The maximum atomic E-state index is 13.0. The van der Waals surface area contributed by atoms with E-state index in [0.29, 0.717) is 0 Å². The van der Waals surface area contributed by atoms with Crippen molar-refractivity contribution in [2.24, 2.45) is 0 Å². The summed E-state index contributed by atoms with van der Waals surface area (Å²) >= 11 is 5.75. The Morgan fingerprint density at radius 2 is 1.94 bits per heavy atom. The third-order valence-corrected chi connectivity index (χ3v) is 2.40. The summed E-state index contributed by atoms with van der Waals surface area (Å²) in [4.78, 5) is 3.60. The topological polar surface area (TPSA) is 38.9 Å². The summed E-state index contributed by atoms with van der Waals surface area (Å²) in [5.74, 6) is -0.643. The van der Waals surface area contributed by atoms with E-state index in [1.165, 1.54) is 0 Å². The zero-order valence-electron chi connectivity index (χ0n) is 7.85. The van der Waals surface area contributed by atoms with E-state index in [9.17, 15) is 13.2 Å². The summed E-state index contributed by atoms with van der Waals surface area (Å²) in [6.07, 6.45) is -2.76. The van der Waals surface area contributed by atoms with Gasteiger partial charge in [0, 0.05) is 17.1 Å². The van der Waals surface area contributed by atoms with Crippen molar-refractivity contribution in [2.45, 2.75) is 6.43 Å². The number of nitrogens with two attached hydrogens (primary N) is 1. The number of fused-ring (bicyclic) bond motifs is 1. The number of alkyl halides is 2. The van der Waals surface area contributed by atoms with Crippen molar-refractivity contribution in [3.63, 3.8) is 0 Å². The maximum absolute atomic E-state index is 13.0. The summed E-state index contributed by atoms with van der Waals surface area (Å²) in [5.41, 5.74) is 5.16. The van der Waals surface area contributed by atoms with Crippen LogP contribution in [0.4, 0.5) is 18.9 Å². The Morgan fingerprint density at radius 3 is 2.56 bits per heavy atom. The van der Waals surface area contributed by atoms with Crippen LogP contribution in [0.5, 0.6) is 0 Å².